The summed E-state index contributed by atoms with van der Waals surface area (Å²) in [6.07, 6.45) is -0.349. The van der Waals surface area contributed by atoms with E-state index in [2.05, 4.69) is 20.7 Å². The van der Waals surface area contributed by atoms with Crippen LogP contribution in [0.2, 0.25) is 0 Å². The molecule has 0 saturated carbocycles. The summed E-state index contributed by atoms with van der Waals surface area (Å²) in [5.41, 5.74) is 2.73. The first-order chi connectivity index (χ1) is 20.1. The molecule has 3 heterocycles. The van der Waals surface area contributed by atoms with Gasteiger partial charge in [-0.25, -0.2) is 4.79 Å². The molecule has 3 N–H and O–H groups in total. The lowest BCUT2D eigenvalue weighted by molar-refractivity contribution is 0.0343. The van der Waals surface area contributed by atoms with Gasteiger partial charge >= 0.3 is 6.03 Å². The van der Waals surface area contributed by atoms with E-state index in [0.717, 1.165) is 17.1 Å². The lowest BCUT2D eigenvalue weighted by Crippen LogP contribution is -2.49. The van der Waals surface area contributed by atoms with Gasteiger partial charge < -0.3 is 39.4 Å². The first-order valence-corrected chi connectivity index (χ1v) is 13.9. The van der Waals surface area contributed by atoms with E-state index in [4.69, 9.17) is 18.7 Å². The lowest BCUT2D eigenvalue weighted by Gasteiger charge is -2.38. The molecule has 0 unspecified atom stereocenters. The molecular formula is C30H37N5O7. The summed E-state index contributed by atoms with van der Waals surface area (Å²) in [6.45, 7) is 8.87. The van der Waals surface area contributed by atoms with Gasteiger partial charge in [0, 0.05) is 25.6 Å². The van der Waals surface area contributed by atoms with Crippen molar-refractivity contribution in [3.8, 4) is 17.2 Å². The number of fused-ring (bicyclic) bond motifs is 2. The highest BCUT2D eigenvalue weighted by molar-refractivity contribution is 6.04. The molecule has 0 fully saturated rings. The van der Waals surface area contributed by atoms with Crippen LogP contribution in [0.25, 0.3) is 0 Å². The number of hydrogen-bond donors (Lipinski definition) is 3. The van der Waals surface area contributed by atoms with Gasteiger partial charge in [0.25, 0.3) is 5.91 Å². The Bertz CT molecular complexity index is 1440. The zero-order valence-corrected chi connectivity index (χ0v) is 24.5. The SMILES string of the molecule is Cc1noc(C)c1NC(=O)Nc1cccc2c1O[C@H](CN(C)Cc1ccc3c(c1)OCO3)[C@H](C)CN([C@@H](C)CO)C2=O. The van der Waals surface area contributed by atoms with E-state index in [1.54, 1.807) is 36.9 Å². The average Bonchev–Trinajstić information content (AvgIpc) is 3.56. The van der Waals surface area contributed by atoms with Crippen LogP contribution in [-0.4, -0.2) is 77.7 Å². The van der Waals surface area contributed by atoms with Crippen molar-refractivity contribution in [1.82, 2.24) is 15.0 Å². The monoisotopic (exact) mass is 579 g/mol. The Labute approximate surface area is 244 Å². The zero-order valence-electron chi connectivity index (χ0n) is 24.5. The van der Waals surface area contributed by atoms with Crippen molar-refractivity contribution in [1.29, 1.82) is 0 Å². The van der Waals surface area contributed by atoms with E-state index in [1.807, 2.05) is 39.1 Å². The fourth-order valence-electron chi connectivity index (χ4n) is 5.21. The topological polar surface area (TPSA) is 139 Å². The predicted octanol–water partition coefficient (Wildman–Crippen LogP) is 4.02. The van der Waals surface area contributed by atoms with Crippen LogP contribution in [-0.2, 0) is 6.54 Å². The Morgan fingerprint density at radius 2 is 1.98 bits per heavy atom. The Kier molecular flexibility index (Phi) is 8.55. The maximum Gasteiger partial charge on any atom is 0.323 e. The molecule has 0 spiro atoms. The first kappa shape index (κ1) is 29.2. The molecule has 42 heavy (non-hydrogen) atoms. The number of aryl methyl sites for hydroxylation is 2. The highest BCUT2D eigenvalue weighted by Gasteiger charge is 2.34. The van der Waals surface area contributed by atoms with E-state index < -0.39 is 12.1 Å². The van der Waals surface area contributed by atoms with Crippen molar-refractivity contribution in [3.63, 3.8) is 0 Å². The largest absolute Gasteiger partial charge is 0.486 e. The second-order valence-electron chi connectivity index (χ2n) is 11.0. The van der Waals surface area contributed by atoms with Gasteiger partial charge in [-0.2, -0.15) is 0 Å². The van der Waals surface area contributed by atoms with Crippen molar-refractivity contribution in [2.24, 2.45) is 5.92 Å². The van der Waals surface area contributed by atoms with Crippen molar-refractivity contribution >= 4 is 23.3 Å². The van der Waals surface area contributed by atoms with Crippen LogP contribution in [0.1, 0.15) is 41.2 Å². The molecule has 12 heteroatoms. The summed E-state index contributed by atoms with van der Waals surface area (Å²) >= 11 is 0. The molecule has 5 rings (SSSR count). The molecule has 2 aliphatic heterocycles. The summed E-state index contributed by atoms with van der Waals surface area (Å²) in [5, 5.41) is 19.4. The Morgan fingerprint density at radius 1 is 1.19 bits per heavy atom. The average molecular weight is 580 g/mol. The van der Waals surface area contributed by atoms with Gasteiger partial charge in [0.1, 0.15) is 17.5 Å². The quantitative estimate of drug-likeness (QED) is 0.361. The van der Waals surface area contributed by atoms with Crippen LogP contribution >= 0.6 is 0 Å². The number of hydrogen-bond acceptors (Lipinski definition) is 9. The Morgan fingerprint density at radius 3 is 2.71 bits per heavy atom. The standard InChI is InChI=1S/C30H37N5O7/c1-17-12-35(18(2)15-36)29(37)22-7-6-8-23(31-30(38)32-27-19(3)33-42-20(27)4)28(22)41-26(17)14-34(5)13-21-9-10-24-25(11-21)40-16-39-24/h6-11,17-18,26,36H,12-16H2,1-5H3,(H2,31,32,38)/t17-,18+,26-/m1/s1. The van der Waals surface area contributed by atoms with E-state index in [9.17, 15) is 14.7 Å². The van der Waals surface area contributed by atoms with Crippen molar-refractivity contribution in [3.05, 3.63) is 59.0 Å². The van der Waals surface area contributed by atoms with Gasteiger partial charge in [0.15, 0.2) is 23.0 Å². The highest BCUT2D eigenvalue weighted by atomic mass is 16.7. The summed E-state index contributed by atoms with van der Waals surface area (Å²) in [6, 6.07) is 10.0. The van der Waals surface area contributed by atoms with Gasteiger partial charge in [-0.05, 0) is 57.6 Å². The second-order valence-corrected chi connectivity index (χ2v) is 11.0. The molecule has 224 valence electrons. The molecule has 0 bridgehead atoms. The van der Waals surface area contributed by atoms with Crippen molar-refractivity contribution in [2.45, 2.75) is 46.4 Å². The number of carbonyl (C=O) groups is 2. The molecular weight excluding hydrogens is 542 g/mol. The van der Waals surface area contributed by atoms with Crippen molar-refractivity contribution in [2.75, 3.05) is 44.2 Å². The number of ether oxygens (including phenoxy) is 3. The maximum atomic E-state index is 13.7. The zero-order chi connectivity index (χ0) is 30.0. The summed E-state index contributed by atoms with van der Waals surface area (Å²) in [7, 11) is 2.00. The van der Waals surface area contributed by atoms with Crippen LogP contribution in [0.3, 0.4) is 0 Å². The fourth-order valence-corrected chi connectivity index (χ4v) is 5.21. The third-order valence-electron chi connectivity index (χ3n) is 7.59. The third-order valence-corrected chi connectivity index (χ3v) is 7.59. The van der Waals surface area contributed by atoms with E-state index in [0.29, 0.717) is 48.0 Å². The molecule has 3 aromatic rings. The van der Waals surface area contributed by atoms with E-state index in [-0.39, 0.29) is 37.1 Å². The van der Waals surface area contributed by atoms with Gasteiger partial charge in [-0.15, -0.1) is 0 Å². The third kappa shape index (κ3) is 6.14. The number of aliphatic hydroxyl groups excluding tert-OH is 1. The number of aliphatic hydroxyl groups is 1. The number of rotatable bonds is 8. The lowest BCUT2D eigenvalue weighted by atomic mass is 9.99. The number of nitrogens with zero attached hydrogens (tertiary/aromatic N) is 3. The number of aromatic nitrogens is 1. The van der Waals surface area contributed by atoms with Crippen LogP contribution in [0.15, 0.2) is 40.9 Å². The number of benzene rings is 2. The van der Waals surface area contributed by atoms with Crippen molar-refractivity contribution < 1.29 is 33.4 Å². The molecule has 0 saturated heterocycles. The van der Waals surface area contributed by atoms with Gasteiger partial charge in [-0.1, -0.05) is 24.2 Å². The van der Waals surface area contributed by atoms with Crippen LogP contribution < -0.4 is 24.8 Å². The number of para-hydroxylation sites is 1. The molecule has 0 radical (unpaired) electrons. The number of likely N-dealkylation sites (N-methyl/N-ethyl adjacent to an activating group) is 1. The fraction of sp³-hybridized carbons (Fsp3) is 0.433. The summed E-state index contributed by atoms with van der Waals surface area (Å²) < 4.78 is 22.7. The predicted molar refractivity (Wildman–Crippen MR) is 155 cm³/mol. The minimum Gasteiger partial charge on any atom is -0.486 e. The van der Waals surface area contributed by atoms with E-state index in [1.165, 1.54) is 0 Å². The maximum absolute atomic E-state index is 13.7. The minimum atomic E-state index is -0.527. The summed E-state index contributed by atoms with van der Waals surface area (Å²) in [4.78, 5) is 30.6. The molecule has 3 atom stereocenters. The molecule has 1 aromatic heterocycles. The molecule has 2 aromatic carbocycles. The van der Waals surface area contributed by atoms with Gasteiger partial charge in [-0.3, -0.25) is 9.69 Å². The highest BCUT2D eigenvalue weighted by Crippen LogP contribution is 2.36. The smallest absolute Gasteiger partial charge is 0.323 e. The van der Waals surface area contributed by atoms with Crippen LogP contribution in [0.4, 0.5) is 16.2 Å². The number of amides is 3. The Balaban J connectivity index is 1.41. The minimum absolute atomic E-state index is 0.0977. The molecule has 0 aliphatic carbocycles. The molecule has 2 aliphatic rings. The number of anilines is 2. The second kappa shape index (κ2) is 12.3. The van der Waals surface area contributed by atoms with Gasteiger partial charge in [0.05, 0.1) is 23.9 Å². The van der Waals surface area contributed by atoms with Crippen LogP contribution in [0, 0.1) is 19.8 Å². The Hall–Kier alpha value is -4.29. The van der Waals surface area contributed by atoms with E-state index >= 15 is 0 Å². The number of nitrogens with one attached hydrogen (secondary N) is 2. The number of carbonyl (C=O) groups excluding carboxylic acids is 2. The van der Waals surface area contributed by atoms with Crippen LogP contribution in [0.5, 0.6) is 17.2 Å². The number of urea groups is 1. The summed E-state index contributed by atoms with van der Waals surface area (Å²) in [5.74, 6) is 1.84. The first-order valence-electron chi connectivity index (χ1n) is 13.9. The van der Waals surface area contributed by atoms with Gasteiger partial charge in [0.2, 0.25) is 6.79 Å². The molecule has 12 nitrogen and oxygen atoms in total. The normalized spacial score (nSPS) is 18.6. The molecule has 3 amide bonds.